The van der Waals surface area contributed by atoms with Crippen molar-refractivity contribution in [3.05, 3.63) is 52.5 Å². The lowest BCUT2D eigenvalue weighted by molar-refractivity contribution is 0.614. The molecule has 2 rings (SSSR count). The molecule has 6 heteroatoms. The molecule has 1 atom stereocenters. The van der Waals surface area contributed by atoms with Crippen molar-refractivity contribution in [2.45, 2.75) is 10.6 Å². The van der Waals surface area contributed by atoms with Gasteiger partial charge in [-0.3, -0.25) is 9.19 Å². The van der Waals surface area contributed by atoms with E-state index in [4.69, 9.17) is 5.73 Å². The Morgan fingerprint density at radius 1 is 1.39 bits per heavy atom. The number of aromatic nitrogens is 1. The molecular formula is C12H10BrFN2OS. The molecule has 0 aliphatic carbocycles. The van der Waals surface area contributed by atoms with E-state index in [0.29, 0.717) is 20.6 Å². The topological polar surface area (TPSA) is 56.0 Å². The summed E-state index contributed by atoms with van der Waals surface area (Å²) in [4.78, 5) is 4.30. The molecule has 0 spiro atoms. The van der Waals surface area contributed by atoms with Gasteiger partial charge in [-0.05, 0) is 18.2 Å². The highest BCUT2D eigenvalue weighted by atomic mass is 79.9. The number of hydrogen-bond donors (Lipinski definition) is 1. The first-order valence-electron chi connectivity index (χ1n) is 5.09. The van der Waals surface area contributed by atoms with Gasteiger partial charge in [-0.2, -0.15) is 0 Å². The summed E-state index contributed by atoms with van der Waals surface area (Å²) in [5.41, 5.74) is 6.43. The molecule has 1 unspecified atom stereocenters. The van der Waals surface area contributed by atoms with E-state index >= 15 is 0 Å². The van der Waals surface area contributed by atoms with E-state index in [1.807, 2.05) is 0 Å². The minimum absolute atomic E-state index is 0.0906. The second kappa shape index (κ2) is 5.58. The average Bonchev–Trinajstić information content (AvgIpc) is 2.33. The lowest BCUT2D eigenvalue weighted by Crippen LogP contribution is -2.02. The molecule has 1 heterocycles. The van der Waals surface area contributed by atoms with E-state index in [2.05, 4.69) is 20.9 Å². The fourth-order valence-electron chi connectivity index (χ4n) is 1.46. The van der Waals surface area contributed by atoms with Gasteiger partial charge in [0, 0.05) is 16.2 Å². The summed E-state index contributed by atoms with van der Waals surface area (Å²) in [6.45, 7) is 0. The number of benzene rings is 1. The molecule has 1 aromatic carbocycles. The summed E-state index contributed by atoms with van der Waals surface area (Å²) in [7, 11) is -1.38. The van der Waals surface area contributed by atoms with Gasteiger partial charge in [-0.15, -0.1) is 0 Å². The summed E-state index contributed by atoms with van der Waals surface area (Å²) >= 11 is 3.17. The van der Waals surface area contributed by atoms with Crippen LogP contribution in [0.4, 0.5) is 10.1 Å². The van der Waals surface area contributed by atoms with Gasteiger partial charge in [0.05, 0.1) is 33.3 Å². The molecule has 0 fully saturated rings. The van der Waals surface area contributed by atoms with Crippen LogP contribution in [-0.2, 0) is 16.6 Å². The summed E-state index contributed by atoms with van der Waals surface area (Å²) < 4.78 is 26.4. The van der Waals surface area contributed by atoms with Gasteiger partial charge in [-0.25, -0.2) is 4.39 Å². The van der Waals surface area contributed by atoms with Crippen molar-refractivity contribution in [2.24, 2.45) is 0 Å². The molecule has 0 saturated carbocycles. The SMILES string of the molecule is Nc1cnccc1S(=O)Cc1ccc(Br)cc1F. The van der Waals surface area contributed by atoms with Crippen LogP contribution in [0.25, 0.3) is 0 Å². The molecule has 0 saturated heterocycles. The highest BCUT2D eigenvalue weighted by Crippen LogP contribution is 2.21. The van der Waals surface area contributed by atoms with Gasteiger partial charge in [0.25, 0.3) is 0 Å². The number of hydrogen-bond acceptors (Lipinski definition) is 3. The first-order chi connectivity index (χ1) is 8.58. The number of nitrogen functional groups attached to an aromatic ring is 1. The monoisotopic (exact) mass is 328 g/mol. The first kappa shape index (κ1) is 13.2. The Balaban J connectivity index is 2.24. The zero-order valence-corrected chi connectivity index (χ0v) is 11.7. The predicted molar refractivity (Wildman–Crippen MR) is 72.9 cm³/mol. The smallest absolute Gasteiger partial charge is 0.128 e. The van der Waals surface area contributed by atoms with E-state index in [1.165, 1.54) is 18.5 Å². The van der Waals surface area contributed by atoms with Crippen molar-refractivity contribution in [1.82, 2.24) is 4.98 Å². The maximum Gasteiger partial charge on any atom is 0.128 e. The van der Waals surface area contributed by atoms with Gasteiger partial charge >= 0.3 is 0 Å². The van der Waals surface area contributed by atoms with Crippen molar-refractivity contribution in [2.75, 3.05) is 5.73 Å². The fraction of sp³-hybridized carbons (Fsp3) is 0.0833. The second-order valence-electron chi connectivity index (χ2n) is 3.64. The molecule has 2 N–H and O–H groups in total. The quantitative estimate of drug-likeness (QED) is 0.942. The Labute approximate surface area is 115 Å². The van der Waals surface area contributed by atoms with Gasteiger partial charge in [0.1, 0.15) is 5.82 Å². The van der Waals surface area contributed by atoms with E-state index in [0.717, 1.165) is 0 Å². The Hall–Kier alpha value is -1.27. The second-order valence-corrected chi connectivity index (χ2v) is 5.97. The molecule has 3 nitrogen and oxygen atoms in total. The van der Waals surface area contributed by atoms with Gasteiger partial charge in [0.15, 0.2) is 0 Å². The first-order valence-corrected chi connectivity index (χ1v) is 7.21. The van der Waals surface area contributed by atoms with E-state index in [9.17, 15) is 8.60 Å². The molecule has 2 aromatic rings. The lowest BCUT2D eigenvalue weighted by atomic mass is 10.2. The van der Waals surface area contributed by atoms with Crippen LogP contribution in [0.3, 0.4) is 0 Å². The third kappa shape index (κ3) is 2.94. The van der Waals surface area contributed by atoms with Crippen LogP contribution in [0.1, 0.15) is 5.56 Å². The van der Waals surface area contributed by atoms with Crippen molar-refractivity contribution >= 4 is 32.4 Å². The van der Waals surface area contributed by atoms with Gasteiger partial charge in [-0.1, -0.05) is 22.0 Å². The third-order valence-electron chi connectivity index (χ3n) is 2.36. The normalized spacial score (nSPS) is 12.3. The highest BCUT2D eigenvalue weighted by molar-refractivity contribution is 9.10. The number of halogens is 2. The third-order valence-corrected chi connectivity index (χ3v) is 4.29. The molecule has 0 bridgehead atoms. The molecule has 0 aliphatic rings. The minimum Gasteiger partial charge on any atom is -0.396 e. The Morgan fingerprint density at radius 3 is 2.83 bits per heavy atom. The molecule has 0 radical (unpaired) electrons. The van der Waals surface area contributed by atoms with Crippen molar-refractivity contribution in [3.63, 3.8) is 0 Å². The molecule has 94 valence electrons. The van der Waals surface area contributed by atoms with Crippen LogP contribution in [0.5, 0.6) is 0 Å². The standard InChI is InChI=1S/C12H10BrFN2OS/c13-9-2-1-8(10(14)5-9)7-18(17)12-3-4-16-6-11(12)15/h1-6H,7,15H2. The van der Waals surface area contributed by atoms with Crippen LogP contribution in [-0.4, -0.2) is 9.19 Å². The fourth-order valence-corrected chi connectivity index (χ4v) is 2.99. The maximum atomic E-state index is 13.6. The number of anilines is 1. The maximum absolute atomic E-state index is 13.6. The Morgan fingerprint density at radius 2 is 2.17 bits per heavy atom. The van der Waals surface area contributed by atoms with Crippen molar-refractivity contribution in [3.8, 4) is 0 Å². The summed E-state index contributed by atoms with van der Waals surface area (Å²) in [5.74, 6) is -0.293. The summed E-state index contributed by atoms with van der Waals surface area (Å²) in [6.07, 6.45) is 2.95. The van der Waals surface area contributed by atoms with E-state index < -0.39 is 10.8 Å². The molecular weight excluding hydrogens is 319 g/mol. The van der Waals surface area contributed by atoms with Crippen LogP contribution in [0, 0.1) is 5.82 Å². The molecule has 1 aromatic heterocycles. The van der Waals surface area contributed by atoms with Crippen LogP contribution >= 0.6 is 15.9 Å². The zero-order valence-electron chi connectivity index (χ0n) is 9.27. The summed E-state index contributed by atoms with van der Waals surface area (Å²) in [5, 5.41) is 0. The number of nitrogens with zero attached hydrogens (tertiary/aromatic N) is 1. The minimum atomic E-state index is -1.38. The summed E-state index contributed by atoms with van der Waals surface area (Å²) in [6, 6.07) is 6.25. The average molecular weight is 329 g/mol. The van der Waals surface area contributed by atoms with E-state index in [1.54, 1.807) is 18.2 Å². The number of rotatable bonds is 3. The van der Waals surface area contributed by atoms with Crippen molar-refractivity contribution in [1.29, 1.82) is 0 Å². The van der Waals surface area contributed by atoms with Gasteiger partial charge < -0.3 is 5.73 Å². The Bertz CT molecular complexity index is 606. The molecule has 0 amide bonds. The largest absolute Gasteiger partial charge is 0.396 e. The lowest BCUT2D eigenvalue weighted by Gasteiger charge is -2.06. The highest BCUT2D eigenvalue weighted by Gasteiger charge is 2.11. The molecule has 0 aliphatic heterocycles. The predicted octanol–water partition coefficient (Wildman–Crippen LogP) is 2.87. The van der Waals surface area contributed by atoms with E-state index in [-0.39, 0.29) is 11.6 Å². The number of nitrogens with two attached hydrogens (primary N) is 1. The number of pyridine rings is 1. The molecule has 18 heavy (non-hydrogen) atoms. The van der Waals surface area contributed by atoms with Gasteiger partial charge in [0.2, 0.25) is 0 Å². The Kier molecular flexibility index (Phi) is 4.08. The zero-order chi connectivity index (χ0) is 13.1. The van der Waals surface area contributed by atoms with Crippen LogP contribution < -0.4 is 5.73 Å². The van der Waals surface area contributed by atoms with Crippen LogP contribution in [0.2, 0.25) is 0 Å². The van der Waals surface area contributed by atoms with Crippen molar-refractivity contribution < 1.29 is 8.60 Å². The van der Waals surface area contributed by atoms with Crippen LogP contribution in [0.15, 0.2) is 46.0 Å².